The van der Waals surface area contributed by atoms with E-state index >= 15 is 0 Å². The molecule has 0 spiro atoms. The van der Waals surface area contributed by atoms with E-state index in [1.165, 1.54) is 25.0 Å². The minimum absolute atomic E-state index is 0.431. The van der Waals surface area contributed by atoms with E-state index in [4.69, 9.17) is 0 Å². The number of halogens is 1. The monoisotopic (exact) mass is 299 g/mol. The number of aryl methyl sites for hydroxylation is 2. The van der Waals surface area contributed by atoms with Gasteiger partial charge in [-0.05, 0) is 41.1 Å². The summed E-state index contributed by atoms with van der Waals surface area (Å²) in [7, 11) is 2.01. The largest absolute Gasteiger partial charge is 0.308 e. The van der Waals surface area contributed by atoms with E-state index in [-0.39, 0.29) is 0 Å². The van der Waals surface area contributed by atoms with Crippen molar-refractivity contribution in [3.63, 3.8) is 0 Å². The fraction of sp³-hybridized carbons (Fsp3) is 0.769. The van der Waals surface area contributed by atoms with Gasteiger partial charge in [0.05, 0.1) is 15.9 Å². The van der Waals surface area contributed by atoms with Gasteiger partial charge in [-0.15, -0.1) is 0 Å². The Morgan fingerprint density at radius 3 is 2.71 bits per heavy atom. The van der Waals surface area contributed by atoms with E-state index in [2.05, 4.69) is 40.2 Å². The van der Waals surface area contributed by atoms with Crippen LogP contribution in [0, 0.1) is 12.3 Å². The maximum absolute atomic E-state index is 4.42. The number of nitrogens with one attached hydrogen (secondary N) is 1. The van der Waals surface area contributed by atoms with Gasteiger partial charge in [-0.3, -0.25) is 4.68 Å². The lowest BCUT2D eigenvalue weighted by Gasteiger charge is -2.28. The highest BCUT2D eigenvalue weighted by molar-refractivity contribution is 9.10. The van der Waals surface area contributed by atoms with Crippen LogP contribution in [0.2, 0.25) is 0 Å². The average Bonchev–Trinajstić information content (AvgIpc) is 2.68. The van der Waals surface area contributed by atoms with Gasteiger partial charge in [0.25, 0.3) is 0 Å². The first-order chi connectivity index (χ1) is 7.92. The molecule has 1 aliphatic carbocycles. The Kier molecular flexibility index (Phi) is 3.64. The van der Waals surface area contributed by atoms with Crippen molar-refractivity contribution in [3.8, 4) is 0 Å². The Morgan fingerprint density at radius 1 is 1.53 bits per heavy atom. The zero-order chi connectivity index (χ0) is 12.6. The molecule has 0 amide bonds. The third-order valence-corrected chi connectivity index (χ3v) is 5.07. The van der Waals surface area contributed by atoms with Crippen LogP contribution in [-0.2, 0) is 13.6 Å². The maximum atomic E-state index is 4.42. The van der Waals surface area contributed by atoms with Crippen LogP contribution in [-0.4, -0.2) is 15.8 Å². The number of nitrogens with zero attached hydrogens (tertiary/aromatic N) is 2. The lowest BCUT2D eigenvalue weighted by atomic mass is 9.87. The van der Waals surface area contributed by atoms with Crippen LogP contribution in [0.15, 0.2) is 4.47 Å². The molecule has 4 heteroatoms. The van der Waals surface area contributed by atoms with Crippen LogP contribution in [0.4, 0.5) is 0 Å². The molecule has 1 atom stereocenters. The average molecular weight is 300 g/mol. The maximum Gasteiger partial charge on any atom is 0.0739 e. The highest BCUT2D eigenvalue weighted by Crippen LogP contribution is 2.37. The first-order valence-corrected chi connectivity index (χ1v) is 7.12. The van der Waals surface area contributed by atoms with Crippen LogP contribution in [0.25, 0.3) is 0 Å². The van der Waals surface area contributed by atoms with Gasteiger partial charge in [0.2, 0.25) is 0 Å². The minimum atomic E-state index is 0.431. The van der Waals surface area contributed by atoms with Crippen LogP contribution >= 0.6 is 15.9 Å². The van der Waals surface area contributed by atoms with Gasteiger partial charge in [-0.25, -0.2) is 0 Å². The standard InChI is InChI=1S/C13H22BrN3/c1-9-12(14)10(17(4)16-9)8-15-11-6-5-7-13(11,2)3/h11,15H,5-8H2,1-4H3. The molecule has 1 unspecified atom stereocenters. The fourth-order valence-electron chi connectivity index (χ4n) is 2.80. The molecule has 1 aliphatic rings. The number of hydrogen-bond donors (Lipinski definition) is 1. The summed E-state index contributed by atoms with van der Waals surface area (Å²) in [4.78, 5) is 0. The van der Waals surface area contributed by atoms with Gasteiger partial charge in [-0.2, -0.15) is 5.10 Å². The number of aromatic nitrogens is 2. The summed E-state index contributed by atoms with van der Waals surface area (Å²) >= 11 is 3.62. The summed E-state index contributed by atoms with van der Waals surface area (Å²) in [6, 6.07) is 0.629. The Labute approximate surface area is 112 Å². The van der Waals surface area contributed by atoms with Crippen LogP contribution in [0.1, 0.15) is 44.5 Å². The molecule has 3 nitrogen and oxygen atoms in total. The van der Waals surface area contributed by atoms with Gasteiger partial charge in [0, 0.05) is 19.6 Å². The van der Waals surface area contributed by atoms with Crippen molar-refractivity contribution in [1.82, 2.24) is 15.1 Å². The first-order valence-electron chi connectivity index (χ1n) is 6.33. The molecule has 0 radical (unpaired) electrons. The van der Waals surface area contributed by atoms with Gasteiger partial charge >= 0.3 is 0 Å². The van der Waals surface area contributed by atoms with Crippen molar-refractivity contribution in [1.29, 1.82) is 0 Å². The van der Waals surface area contributed by atoms with Gasteiger partial charge in [0.15, 0.2) is 0 Å². The van der Waals surface area contributed by atoms with Crippen molar-refractivity contribution < 1.29 is 0 Å². The summed E-state index contributed by atoms with van der Waals surface area (Å²) in [6.45, 7) is 7.65. The smallest absolute Gasteiger partial charge is 0.0739 e. The Bertz CT molecular complexity index is 409. The molecule has 0 saturated heterocycles. The van der Waals surface area contributed by atoms with Crippen LogP contribution < -0.4 is 5.32 Å². The molecule has 1 saturated carbocycles. The molecule has 0 aromatic carbocycles. The highest BCUT2D eigenvalue weighted by atomic mass is 79.9. The summed E-state index contributed by atoms with van der Waals surface area (Å²) in [5.41, 5.74) is 2.74. The quantitative estimate of drug-likeness (QED) is 0.929. The van der Waals surface area contributed by atoms with Crippen molar-refractivity contribution in [2.45, 2.75) is 52.6 Å². The summed E-state index contributed by atoms with van der Waals surface area (Å²) in [6.07, 6.45) is 3.97. The van der Waals surface area contributed by atoms with Crippen molar-refractivity contribution >= 4 is 15.9 Å². The molecule has 96 valence electrons. The van der Waals surface area contributed by atoms with Crippen molar-refractivity contribution in [2.24, 2.45) is 12.5 Å². The third kappa shape index (κ3) is 2.58. The lowest BCUT2D eigenvalue weighted by molar-refractivity contribution is 0.280. The normalized spacial score (nSPS) is 23.2. The second kappa shape index (κ2) is 4.73. The summed E-state index contributed by atoms with van der Waals surface area (Å²) in [5, 5.41) is 8.11. The molecule has 1 heterocycles. The van der Waals surface area contributed by atoms with Crippen molar-refractivity contribution in [3.05, 3.63) is 15.9 Å². The molecular formula is C13H22BrN3. The molecule has 2 rings (SSSR count). The molecule has 1 aromatic heterocycles. The van der Waals surface area contributed by atoms with E-state index in [9.17, 15) is 0 Å². The Morgan fingerprint density at radius 2 is 2.24 bits per heavy atom. The first kappa shape index (κ1) is 13.1. The molecule has 1 N–H and O–H groups in total. The minimum Gasteiger partial charge on any atom is -0.308 e. The lowest BCUT2D eigenvalue weighted by Crippen LogP contribution is -2.37. The topological polar surface area (TPSA) is 29.9 Å². The number of hydrogen-bond acceptors (Lipinski definition) is 2. The summed E-state index contributed by atoms with van der Waals surface area (Å²) in [5.74, 6) is 0. The third-order valence-electron chi connectivity index (χ3n) is 4.03. The highest BCUT2D eigenvalue weighted by Gasteiger charge is 2.34. The van der Waals surface area contributed by atoms with Gasteiger partial charge in [-0.1, -0.05) is 20.3 Å². The SMILES string of the molecule is Cc1nn(C)c(CNC2CCCC2(C)C)c1Br. The predicted molar refractivity (Wildman–Crippen MR) is 73.9 cm³/mol. The number of rotatable bonds is 3. The van der Waals surface area contributed by atoms with Gasteiger partial charge < -0.3 is 5.32 Å². The zero-order valence-electron chi connectivity index (χ0n) is 11.2. The van der Waals surface area contributed by atoms with E-state index < -0.39 is 0 Å². The zero-order valence-corrected chi connectivity index (χ0v) is 12.8. The molecule has 1 fully saturated rings. The molecule has 0 aliphatic heterocycles. The second-order valence-electron chi connectivity index (χ2n) is 5.78. The predicted octanol–water partition coefficient (Wildman–Crippen LogP) is 3.16. The van der Waals surface area contributed by atoms with E-state index in [0.717, 1.165) is 16.7 Å². The fourth-order valence-corrected chi connectivity index (χ4v) is 3.27. The van der Waals surface area contributed by atoms with Gasteiger partial charge in [0.1, 0.15) is 0 Å². The van der Waals surface area contributed by atoms with Crippen LogP contribution in [0.5, 0.6) is 0 Å². The molecular weight excluding hydrogens is 278 g/mol. The molecule has 1 aromatic rings. The van der Waals surface area contributed by atoms with E-state index in [0.29, 0.717) is 11.5 Å². The summed E-state index contributed by atoms with van der Waals surface area (Å²) < 4.78 is 3.11. The van der Waals surface area contributed by atoms with Crippen LogP contribution in [0.3, 0.4) is 0 Å². The second-order valence-corrected chi connectivity index (χ2v) is 6.58. The molecule has 0 bridgehead atoms. The Hall–Kier alpha value is -0.350. The van der Waals surface area contributed by atoms with Crippen molar-refractivity contribution in [2.75, 3.05) is 0 Å². The molecule has 17 heavy (non-hydrogen) atoms. The van der Waals surface area contributed by atoms with E-state index in [1.54, 1.807) is 0 Å². The Balaban J connectivity index is 2.03. The van der Waals surface area contributed by atoms with E-state index in [1.807, 2.05) is 18.7 Å².